The van der Waals surface area contributed by atoms with Gasteiger partial charge >= 0.3 is 11.9 Å². The van der Waals surface area contributed by atoms with Crippen LogP contribution >= 0.6 is 11.8 Å². The van der Waals surface area contributed by atoms with Crippen molar-refractivity contribution in [1.82, 2.24) is 4.90 Å². The zero-order valence-corrected chi connectivity index (χ0v) is 18.5. The largest absolute Gasteiger partial charge is 0.450 e. The van der Waals surface area contributed by atoms with Crippen molar-refractivity contribution in [3.8, 4) is 11.5 Å². The van der Waals surface area contributed by atoms with Gasteiger partial charge in [0.15, 0.2) is 0 Å². The minimum Gasteiger partial charge on any atom is -0.450 e. The molecule has 7 nitrogen and oxygen atoms in total. The van der Waals surface area contributed by atoms with Crippen molar-refractivity contribution >= 4 is 34.7 Å². The lowest BCUT2D eigenvalue weighted by molar-refractivity contribution is -0.385. The molecule has 3 aromatic carbocycles. The molecule has 1 fully saturated rings. The normalized spacial score (nSPS) is 15.1. The summed E-state index contributed by atoms with van der Waals surface area (Å²) in [5.74, 6) is -0.734. The van der Waals surface area contributed by atoms with Gasteiger partial charge in [-0.2, -0.15) is 13.2 Å². The van der Waals surface area contributed by atoms with Gasteiger partial charge in [0.05, 0.1) is 21.9 Å². The van der Waals surface area contributed by atoms with Crippen LogP contribution in [0.25, 0.3) is 6.08 Å². The Kier molecular flexibility index (Phi) is 6.61. The van der Waals surface area contributed by atoms with Gasteiger partial charge in [-0.3, -0.25) is 24.6 Å². The maximum Gasteiger partial charge on any atom is 0.416 e. The number of benzene rings is 3. The molecule has 2 amide bonds. The summed E-state index contributed by atoms with van der Waals surface area (Å²) in [5, 5.41) is 10.9. The third-order valence-electron chi connectivity index (χ3n) is 4.92. The number of hydrogen-bond donors (Lipinski definition) is 0. The quantitative estimate of drug-likeness (QED) is 0.214. The van der Waals surface area contributed by atoms with Gasteiger partial charge in [0, 0.05) is 6.07 Å². The number of nitro benzene ring substituents is 1. The molecule has 0 N–H and O–H groups in total. The molecule has 178 valence electrons. The van der Waals surface area contributed by atoms with Gasteiger partial charge < -0.3 is 4.74 Å². The van der Waals surface area contributed by atoms with E-state index in [1.165, 1.54) is 18.2 Å². The van der Waals surface area contributed by atoms with E-state index < -0.39 is 33.5 Å². The van der Waals surface area contributed by atoms with Crippen LogP contribution in [0.1, 0.15) is 16.7 Å². The molecule has 0 saturated carbocycles. The summed E-state index contributed by atoms with van der Waals surface area (Å²) in [4.78, 5) is 36.7. The average molecular weight is 500 g/mol. The Morgan fingerprint density at radius 2 is 1.74 bits per heavy atom. The lowest BCUT2D eigenvalue weighted by Gasteiger charge is -2.12. The SMILES string of the molecule is O=C1S/C(=C/c2cccc(Oc3ccc(C(F)(F)F)cc3[N+](=O)[O-])c2)C(=O)N1Cc1ccccc1. The first-order valence-electron chi connectivity index (χ1n) is 10.0. The molecule has 0 bridgehead atoms. The number of nitrogens with zero attached hydrogens (tertiary/aromatic N) is 2. The summed E-state index contributed by atoms with van der Waals surface area (Å²) < 4.78 is 44.2. The van der Waals surface area contributed by atoms with E-state index in [2.05, 4.69) is 0 Å². The molecule has 35 heavy (non-hydrogen) atoms. The van der Waals surface area contributed by atoms with E-state index in [1.807, 2.05) is 6.07 Å². The highest BCUT2D eigenvalue weighted by atomic mass is 32.2. The molecular formula is C24H15F3N2O5S. The third kappa shape index (κ3) is 5.52. The van der Waals surface area contributed by atoms with E-state index in [9.17, 15) is 32.9 Å². The number of amides is 2. The molecule has 11 heteroatoms. The molecule has 0 aliphatic carbocycles. The molecular weight excluding hydrogens is 485 g/mol. The lowest BCUT2D eigenvalue weighted by atomic mass is 10.1. The van der Waals surface area contributed by atoms with Gasteiger partial charge in [0.25, 0.3) is 11.1 Å². The van der Waals surface area contributed by atoms with Crippen LogP contribution in [-0.4, -0.2) is 21.0 Å². The zero-order valence-electron chi connectivity index (χ0n) is 17.7. The predicted molar refractivity (Wildman–Crippen MR) is 123 cm³/mol. The van der Waals surface area contributed by atoms with E-state index in [-0.39, 0.29) is 22.9 Å². The topological polar surface area (TPSA) is 89.7 Å². The van der Waals surface area contributed by atoms with Gasteiger partial charge in [0.1, 0.15) is 5.75 Å². The van der Waals surface area contributed by atoms with Crippen molar-refractivity contribution in [1.29, 1.82) is 0 Å². The summed E-state index contributed by atoms with van der Waals surface area (Å²) in [6, 6.07) is 17.1. The summed E-state index contributed by atoms with van der Waals surface area (Å²) in [6.07, 6.45) is -3.27. The molecule has 1 aliphatic heterocycles. The maximum absolute atomic E-state index is 12.9. The Morgan fingerprint density at radius 3 is 2.43 bits per heavy atom. The second-order valence-corrected chi connectivity index (χ2v) is 8.36. The summed E-state index contributed by atoms with van der Waals surface area (Å²) in [7, 11) is 0. The van der Waals surface area contributed by atoms with Crippen LogP contribution in [0.4, 0.5) is 23.7 Å². The lowest BCUT2D eigenvalue weighted by Crippen LogP contribution is -2.27. The second-order valence-electron chi connectivity index (χ2n) is 7.37. The van der Waals surface area contributed by atoms with Crippen molar-refractivity contribution in [3.63, 3.8) is 0 Å². The van der Waals surface area contributed by atoms with Crippen molar-refractivity contribution in [2.75, 3.05) is 0 Å². The smallest absolute Gasteiger partial charge is 0.416 e. The van der Waals surface area contributed by atoms with Crippen molar-refractivity contribution < 1.29 is 32.4 Å². The fourth-order valence-corrected chi connectivity index (χ4v) is 4.11. The molecule has 0 spiro atoms. The number of thioether (sulfide) groups is 1. The number of carbonyl (C=O) groups excluding carboxylic acids is 2. The van der Waals surface area contributed by atoms with Crippen LogP contribution in [0.3, 0.4) is 0 Å². The van der Waals surface area contributed by atoms with Gasteiger partial charge in [-0.15, -0.1) is 0 Å². The Morgan fingerprint density at radius 1 is 1.00 bits per heavy atom. The van der Waals surface area contributed by atoms with Crippen LogP contribution in [0.15, 0.2) is 77.7 Å². The number of alkyl halides is 3. The van der Waals surface area contributed by atoms with E-state index in [1.54, 1.807) is 36.4 Å². The van der Waals surface area contributed by atoms with E-state index in [0.717, 1.165) is 28.3 Å². The van der Waals surface area contributed by atoms with Crippen LogP contribution in [-0.2, 0) is 17.5 Å². The Bertz CT molecular complexity index is 1340. The first kappa shape index (κ1) is 24.0. The number of nitro groups is 1. The number of rotatable bonds is 6. The highest BCUT2D eigenvalue weighted by Crippen LogP contribution is 2.38. The maximum atomic E-state index is 12.9. The number of imide groups is 1. The molecule has 0 radical (unpaired) electrons. The highest BCUT2D eigenvalue weighted by Gasteiger charge is 2.35. The van der Waals surface area contributed by atoms with E-state index >= 15 is 0 Å². The first-order valence-corrected chi connectivity index (χ1v) is 10.9. The monoisotopic (exact) mass is 500 g/mol. The highest BCUT2D eigenvalue weighted by molar-refractivity contribution is 8.18. The Labute approximate surface area is 201 Å². The van der Waals surface area contributed by atoms with E-state index in [4.69, 9.17) is 4.74 Å². The minimum absolute atomic E-state index is 0.102. The summed E-state index contributed by atoms with van der Waals surface area (Å²) in [5.41, 5.74) is -0.754. The summed E-state index contributed by atoms with van der Waals surface area (Å²) in [6.45, 7) is 0.129. The molecule has 1 aliphatic rings. The van der Waals surface area contributed by atoms with E-state index in [0.29, 0.717) is 17.7 Å². The number of hydrogen-bond acceptors (Lipinski definition) is 6. The molecule has 1 heterocycles. The van der Waals surface area contributed by atoms with Gasteiger partial charge in [-0.25, -0.2) is 0 Å². The van der Waals surface area contributed by atoms with Crippen LogP contribution in [0.5, 0.6) is 11.5 Å². The average Bonchev–Trinajstić information content (AvgIpc) is 3.06. The molecule has 0 unspecified atom stereocenters. The molecule has 3 aromatic rings. The molecule has 0 aromatic heterocycles. The molecule has 0 atom stereocenters. The second kappa shape index (κ2) is 9.63. The predicted octanol–water partition coefficient (Wildman–Crippen LogP) is 6.64. The third-order valence-corrected chi connectivity index (χ3v) is 5.83. The van der Waals surface area contributed by atoms with Gasteiger partial charge in [0.2, 0.25) is 5.75 Å². The van der Waals surface area contributed by atoms with Gasteiger partial charge in [-0.1, -0.05) is 42.5 Å². The van der Waals surface area contributed by atoms with Crippen LogP contribution < -0.4 is 4.74 Å². The first-order chi connectivity index (χ1) is 16.6. The fourth-order valence-electron chi connectivity index (χ4n) is 3.27. The van der Waals surface area contributed by atoms with Crippen molar-refractivity contribution in [3.05, 3.63) is 105 Å². The Balaban J connectivity index is 1.56. The van der Waals surface area contributed by atoms with Gasteiger partial charge in [-0.05, 0) is 53.2 Å². The standard InChI is InChI=1S/C24H15F3N2O5S/c25-24(26,27)17-9-10-20(19(13-17)29(32)33)34-18-8-4-7-16(11-18)12-21-22(30)28(23(31)35-21)14-15-5-2-1-3-6-15/h1-13H,14H2/b21-12+. The summed E-state index contributed by atoms with van der Waals surface area (Å²) >= 11 is 0.778. The van der Waals surface area contributed by atoms with Crippen molar-refractivity contribution in [2.24, 2.45) is 0 Å². The number of carbonyl (C=O) groups is 2. The molecule has 4 rings (SSSR count). The minimum atomic E-state index is -4.74. The number of halogens is 3. The van der Waals surface area contributed by atoms with Crippen LogP contribution in [0.2, 0.25) is 0 Å². The Hall–Kier alpha value is -4.12. The van der Waals surface area contributed by atoms with Crippen molar-refractivity contribution in [2.45, 2.75) is 12.7 Å². The number of ether oxygens (including phenoxy) is 1. The van der Waals surface area contributed by atoms with Crippen LogP contribution in [0, 0.1) is 10.1 Å². The zero-order chi connectivity index (χ0) is 25.2. The fraction of sp³-hybridized carbons (Fsp3) is 0.0833. The molecule has 1 saturated heterocycles.